The molecule has 0 saturated heterocycles. The van der Waals surface area contributed by atoms with Crippen LogP contribution >= 0.6 is 15.9 Å². The van der Waals surface area contributed by atoms with Gasteiger partial charge in [0.2, 0.25) is 0 Å². The Morgan fingerprint density at radius 3 is 2.53 bits per heavy atom. The number of benzene rings is 1. The van der Waals surface area contributed by atoms with Crippen molar-refractivity contribution < 1.29 is 4.39 Å². The molecule has 0 N–H and O–H groups in total. The quantitative estimate of drug-likeness (QED) is 0.782. The van der Waals surface area contributed by atoms with E-state index in [1.54, 1.807) is 18.5 Å². The molecule has 1 aromatic heterocycles. The maximum Gasteiger partial charge on any atom is 0.196 e. The topological polar surface area (TPSA) is 25.8 Å². The van der Waals surface area contributed by atoms with E-state index < -0.39 is 0 Å². The minimum atomic E-state index is -0.217. The Labute approximate surface area is 95.3 Å². The Hall–Kier alpha value is -1.29. The largest absolute Gasteiger partial charge is 0.230 e. The number of nitrogens with zero attached hydrogens (tertiary/aromatic N) is 2. The summed E-state index contributed by atoms with van der Waals surface area (Å²) in [6, 6.07) is 6.53. The highest BCUT2D eigenvalue weighted by Crippen LogP contribution is 2.10. The van der Waals surface area contributed by atoms with E-state index in [9.17, 15) is 4.39 Å². The van der Waals surface area contributed by atoms with Crippen LogP contribution in [0.2, 0.25) is 0 Å². The van der Waals surface area contributed by atoms with Crippen LogP contribution in [0.1, 0.15) is 11.1 Å². The molecule has 2 aromatic rings. The summed E-state index contributed by atoms with van der Waals surface area (Å²) in [4.78, 5) is 8.02. The van der Waals surface area contributed by atoms with E-state index >= 15 is 0 Å². The second kappa shape index (κ2) is 4.49. The van der Waals surface area contributed by atoms with E-state index in [0.717, 1.165) is 11.1 Å². The fourth-order valence-electron chi connectivity index (χ4n) is 1.31. The van der Waals surface area contributed by atoms with Gasteiger partial charge in [0.1, 0.15) is 5.82 Å². The van der Waals surface area contributed by atoms with Gasteiger partial charge in [0.15, 0.2) is 4.73 Å². The van der Waals surface area contributed by atoms with Gasteiger partial charge < -0.3 is 0 Å². The van der Waals surface area contributed by atoms with Crippen molar-refractivity contribution in [2.75, 3.05) is 0 Å². The number of rotatable bonds is 2. The summed E-state index contributed by atoms with van der Waals surface area (Å²) in [5.74, 6) is -0.217. The summed E-state index contributed by atoms with van der Waals surface area (Å²) in [5, 5.41) is 0. The predicted molar refractivity (Wildman–Crippen MR) is 58.9 cm³/mol. The molecule has 0 aliphatic carbocycles. The summed E-state index contributed by atoms with van der Waals surface area (Å²) in [6.45, 7) is 0. The molecule has 0 fully saturated rings. The lowest BCUT2D eigenvalue weighted by molar-refractivity contribution is 0.626. The molecular weight excluding hydrogens is 259 g/mol. The van der Waals surface area contributed by atoms with Gasteiger partial charge in [0.05, 0.1) is 0 Å². The maximum atomic E-state index is 12.9. The molecule has 0 atom stereocenters. The first-order chi connectivity index (χ1) is 7.24. The van der Waals surface area contributed by atoms with Crippen LogP contribution in [0.15, 0.2) is 41.4 Å². The number of halogens is 2. The van der Waals surface area contributed by atoms with Crippen LogP contribution < -0.4 is 0 Å². The van der Waals surface area contributed by atoms with Crippen LogP contribution in [0.3, 0.4) is 0 Å². The van der Waals surface area contributed by atoms with Crippen LogP contribution in [-0.2, 0) is 6.42 Å². The lowest BCUT2D eigenvalue weighted by atomic mass is 10.1. The van der Waals surface area contributed by atoms with Crippen molar-refractivity contribution in [2.45, 2.75) is 6.42 Å². The average molecular weight is 267 g/mol. The van der Waals surface area contributed by atoms with Crippen molar-refractivity contribution in [3.63, 3.8) is 0 Å². The molecule has 4 heteroatoms. The molecule has 0 radical (unpaired) electrons. The standard InChI is InChI=1S/C11H8BrFN2/c12-11-14-6-9(7-15-11)4-8-2-1-3-10(13)5-8/h1-3,5-7H,4H2. The second-order valence-electron chi connectivity index (χ2n) is 3.17. The Morgan fingerprint density at radius 1 is 1.13 bits per heavy atom. The van der Waals surface area contributed by atoms with Gasteiger partial charge in [0.25, 0.3) is 0 Å². The SMILES string of the molecule is Fc1cccc(Cc2cnc(Br)nc2)c1. The highest BCUT2D eigenvalue weighted by Gasteiger charge is 1.99. The Kier molecular flexibility index (Phi) is 3.06. The van der Waals surface area contributed by atoms with Crippen LogP contribution in [0.4, 0.5) is 4.39 Å². The lowest BCUT2D eigenvalue weighted by Gasteiger charge is -2.00. The zero-order valence-corrected chi connectivity index (χ0v) is 9.41. The van der Waals surface area contributed by atoms with Gasteiger partial charge in [0, 0.05) is 18.8 Å². The molecule has 0 spiro atoms. The number of hydrogen-bond donors (Lipinski definition) is 0. The van der Waals surface area contributed by atoms with Gasteiger partial charge in [-0.15, -0.1) is 0 Å². The summed E-state index contributed by atoms with van der Waals surface area (Å²) in [7, 11) is 0. The van der Waals surface area contributed by atoms with Crippen molar-refractivity contribution in [3.8, 4) is 0 Å². The smallest absolute Gasteiger partial charge is 0.196 e. The average Bonchev–Trinajstić information content (AvgIpc) is 2.22. The molecule has 0 amide bonds. The molecule has 1 heterocycles. The molecule has 2 rings (SSSR count). The van der Waals surface area contributed by atoms with E-state index in [1.165, 1.54) is 12.1 Å². The third kappa shape index (κ3) is 2.83. The normalized spacial score (nSPS) is 10.3. The van der Waals surface area contributed by atoms with Gasteiger partial charge in [-0.05, 0) is 39.2 Å². The third-order valence-corrected chi connectivity index (χ3v) is 2.38. The molecular formula is C11H8BrFN2. The van der Waals surface area contributed by atoms with E-state index in [2.05, 4.69) is 25.9 Å². The molecule has 0 bridgehead atoms. The molecule has 2 nitrogen and oxygen atoms in total. The monoisotopic (exact) mass is 266 g/mol. The van der Waals surface area contributed by atoms with E-state index in [0.29, 0.717) is 11.2 Å². The van der Waals surface area contributed by atoms with Crippen LogP contribution in [0.25, 0.3) is 0 Å². The van der Waals surface area contributed by atoms with Crippen molar-refractivity contribution in [3.05, 3.63) is 58.3 Å². The predicted octanol–water partition coefficient (Wildman–Crippen LogP) is 2.97. The van der Waals surface area contributed by atoms with Gasteiger partial charge in [-0.3, -0.25) is 0 Å². The van der Waals surface area contributed by atoms with Crippen molar-refractivity contribution in [2.24, 2.45) is 0 Å². The van der Waals surface area contributed by atoms with Gasteiger partial charge in [-0.2, -0.15) is 0 Å². The minimum Gasteiger partial charge on any atom is -0.230 e. The molecule has 76 valence electrons. The lowest BCUT2D eigenvalue weighted by Crippen LogP contribution is -1.92. The van der Waals surface area contributed by atoms with Crippen molar-refractivity contribution in [1.82, 2.24) is 9.97 Å². The van der Waals surface area contributed by atoms with Gasteiger partial charge in [-0.25, -0.2) is 14.4 Å². The van der Waals surface area contributed by atoms with Crippen LogP contribution in [-0.4, -0.2) is 9.97 Å². The molecule has 0 aliphatic rings. The van der Waals surface area contributed by atoms with Gasteiger partial charge in [-0.1, -0.05) is 12.1 Å². The first kappa shape index (κ1) is 10.2. The number of aromatic nitrogens is 2. The summed E-state index contributed by atoms with van der Waals surface area (Å²) in [6.07, 6.45) is 4.09. The van der Waals surface area contributed by atoms with E-state index in [-0.39, 0.29) is 5.82 Å². The van der Waals surface area contributed by atoms with Crippen LogP contribution in [0, 0.1) is 5.82 Å². The molecule has 0 aliphatic heterocycles. The zero-order chi connectivity index (χ0) is 10.7. The first-order valence-electron chi connectivity index (χ1n) is 4.45. The maximum absolute atomic E-state index is 12.9. The summed E-state index contributed by atoms with van der Waals surface area (Å²) < 4.78 is 13.5. The first-order valence-corrected chi connectivity index (χ1v) is 5.24. The van der Waals surface area contributed by atoms with E-state index in [4.69, 9.17) is 0 Å². The fourth-order valence-corrected chi connectivity index (χ4v) is 1.52. The van der Waals surface area contributed by atoms with E-state index in [1.807, 2.05) is 6.07 Å². The molecule has 0 saturated carbocycles. The summed E-state index contributed by atoms with van der Waals surface area (Å²) >= 11 is 3.16. The van der Waals surface area contributed by atoms with Crippen LogP contribution in [0.5, 0.6) is 0 Å². The second-order valence-corrected chi connectivity index (χ2v) is 3.88. The number of hydrogen-bond acceptors (Lipinski definition) is 2. The Bertz CT molecular complexity index is 456. The zero-order valence-electron chi connectivity index (χ0n) is 7.82. The highest BCUT2D eigenvalue weighted by molar-refractivity contribution is 9.10. The molecule has 15 heavy (non-hydrogen) atoms. The Balaban J connectivity index is 2.18. The van der Waals surface area contributed by atoms with Crippen molar-refractivity contribution >= 4 is 15.9 Å². The fraction of sp³-hybridized carbons (Fsp3) is 0.0909. The molecule has 1 aromatic carbocycles. The van der Waals surface area contributed by atoms with Crippen molar-refractivity contribution in [1.29, 1.82) is 0 Å². The molecule has 0 unspecified atom stereocenters. The van der Waals surface area contributed by atoms with Gasteiger partial charge >= 0.3 is 0 Å². The Morgan fingerprint density at radius 2 is 1.87 bits per heavy atom. The third-order valence-electron chi connectivity index (χ3n) is 1.97. The summed E-state index contributed by atoms with van der Waals surface area (Å²) in [5.41, 5.74) is 1.88. The highest BCUT2D eigenvalue weighted by atomic mass is 79.9. The minimum absolute atomic E-state index is 0.217.